The number of benzene rings is 1. The van der Waals surface area contributed by atoms with Crippen LogP contribution in [0, 0.1) is 12.8 Å². The van der Waals surface area contributed by atoms with Gasteiger partial charge < -0.3 is 10.6 Å². The molecule has 0 saturated carbocycles. The molecule has 2 N–H and O–H groups in total. The maximum absolute atomic E-state index is 12.4. The van der Waals surface area contributed by atoms with Crippen molar-refractivity contribution < 1.29 is 4.79 Å². The van der Waals surface area contributed by atoms with E-state index in [1.54, 1.807) is 11.0 Å². The van der Waals surface area contributed by atoms with Crippen LogP contribution in [0.3, 0.4) is 0 Å². The Bertz CT molecular complexity index is 427. The van der Waals surface area contributed by atoms with E-state index < -0.39 is 0 Å². The number of rotatable bonds is 4. The SMILES string of the molecule is Cc1ccc(N)c(C(=O)N(C)C(C)CC(C)C)c1. The number of amides is 1. The highest BCUT2D eigenvalue weighted by Crippen LogP contribution is 2.18. The summed E-state index contributed by atoms with van der Waals surface area (Å²) >= 11 is 0. The number of carbonyl (C=O) groups excluding carboxylic acids is 1. The van der Waals surface area contributed by atoms with Gasteiger partial charge in [0.1, 0.15) is 0 Å². The Labute approximate surface area is 110 Å². The quantitative estimate of drug-likeness (QED) is 0.832. The second kappa shape index (κ2) is 5.89. The molecule has 0 aliphatic rings. The number of carbonyl (C=O) groups is 1. The molecule has 0 saturated heterocycles. The zero-order chi connectivity index (χ0) is 13.9. The normalized spacial score (nSPS) is 12.6. The van der Waals surface area contributed by atoms with Crippen LogP contribution in [0.25, 0.3) is 0 Å². The molecular weight excluding hydrogens is 224 g/mol. The van der Waals surface area contributed by atoms with Crippen LogP contribution < -0.4 is 5.73 Å². The zero-order valence-corrected chi connectivity index (χ0v) is 12.0. The highest BCUT2D eigenvalue weighted by molar-refractivity contribution is 5.99. The molecular formula is C15H24N2O. The fourth-order valence-electron chi connectivity index (χ4n) is 2.09. The monoisotopic (exact) mass is 248 g/mol. The number of anilines is 1. The number of aryl methyl sites for hydroxylation is 1. The van der Waals surface area contributed by atoms with Crippen molar-refractivity contribution in [3.63, 3.8) is 0 Å². The summed E-state index contributed by atoms with van der Waals surface area (Å²) < 4.78 is 0. The molecule has 0 aliphatic heterocycles. The Balaban J connectivity index is 2.89. The van der Waals surface area contributed by atoms with E-state index in [0.29, 0.717) is 17.2 Å². The minimum atomic E-state index is 0.00403. The van der Waals surface area contributed by atoms with Gasteiger partial charge in [-0.2, -0.15) is 0 Å². The minimum Gasteiger partial charge on any atom is -0.398 e. The first kappa shape index (κ1) is 14.6. The van der Waals surface area contributed by atoms with Crippen molar-refractivity contribution in [2.75, 3.05) is 12.8 Å². The summed E-state index contributed by atoms with van der Waals surface area (Å²) in [5.74, 6) is 0.578. The predicted molar refractivity (Wildman–Crippen MR) is 76.6 cm³/mol. The Kier molecular flexibility index (Phi) is 4.76. The molecule has 0 aromatic heterocycles. The zero-order valence-electron chi connectivity index (χ0n) is 12.0. The van der Waals surface area contributed by atoms with Crippen LogP contribution in [0.1, 0.15) is 43.1 Å². The average Bonchev–Trinajstić information content (AvgIpc) is 2.29. The van der Waals surface area contributed by atoms with E-state index in [1.165, 1.54) is 0 Å². The lowest BCUT2D eigenvalue weighted by Gasteiger charge is -2.27. The van der Waals surface area contributed by atoms with Crippen molar-refractivity contribution in [1.82, 2.24) is 4.90 Å². The standard InChI is InChI=1S/C15H24N2O/c1-10(2)8-12(4)17(5)15(18)13-9-11(3)6-7-14(13)16/h6-7,9-10,12H,8,16H2,1-5H3. The molecule has 1 aromatic carbocycles. The van der Waals surface area contributed by atoms with Gasteiger partial charge in [0.25, 0.3) is 5.91 Å². The lowest BCUT2D eigenvalue weighted by molar-refractivity contribution is 0.0729. The van der Waals surface area contributed by atoms with Gasteiger partial charge in [-0.15, -0.1) is 0 Å². The third-order valence-electron chi connectivity index (χ3n) is 3.23. The van der Waals surface area contributed by atoms with Gasteiger partial charge in [-0.25, -0.2) is 0 Å². The Morgan fingerprint density at radius 2 is 1.94 bits per heavy atom. The first-order chi connectivity index (χ1) is 8.32. The van der Waals surface area contributed by atoms with Crippen LogP contribution >= 0.6 is 0 Å². The van der Waals surface area contributed by atoms with E-state index >= 15 is 0 Å². The largest absolute Gasteiger partial charge is 0.398 e. The van der Waals surface area contributed by atoms with Gasteiger partial charge >= 0.3 is 0 Å². The summed E-state index contributed by atoms with van der Waals surface area (Å²) in [6.45, 7) is 8.36. The Hall–Kier alpha value is -1.51. The third kappa shape index (κ3) is 3.49. The summed E-state index contributed by atoms with van der Waals surface area (Å²) in [6, 6.07) is 5.79. The van der Waals surface area contributed by atoms with Crippen LogP contribution in [-0.2, 0) is 0 Å². The Morgan fingerprint density at radius 1 is 1.33 bits per heavy atom. The predicted octanol–water partition coefficient (Wildman–Crippen LogP) is 3.08. The molecule has 1 unspecified atom stereocenters. The molecule has 3 nitrogen and oxygen atoms in total. The van der Waals surface area contributed by atoms with Crippen LogP contribution in [0.15, 0.2) is 18.2 Å². The maximum Gasteiger partial charge on any atom is 0.255 e. The topological polar surface area (TPSA) is 46.3 Å². The number of hydrogen-bond donors (Lipinski definition) is 1. The van der Waals surface area contributed by atoms with Crippen molar-refractivity contribution in [2.45, 2.75) is 40.2 Å². The first-order valence-corrected chi connectivity index (χ1v) is 6.46. The van der Waals surface area contributed by atoms with E-state index in [1.807, 2.05) is 26.1 Å². The molecule has 100 valence electrons. The Morgan fingerprint density at radius 3 is 2.50 bits per heavy atom. The molecule has 18 heavy (non-hydrogen) atoms. The molecule has 1 atom stereocenters. The van der Waals surface area contributed by atoms with Crippen LogP contribution in [0.2, 0.25) is 0 Å². The van der Waals surface area contributed by atoms with Crippen molar-refractivity contribution in [3.05, 3.63) is 29.3 Å². The van der Waals surface area contributed by atoms with Crippen LogP contribution in [-0.4, -0.2) is 23.9 Å². The second-order valence-electron chi connectivity index (χ2n) is 5.49. The second-order valence-corrected chi connectivity index (χ2v) is 5.49. The van der Waals surface area contributed by atoms with Crippen molar-refractivity contribution in [2.24, 2.45) is 5.92 Å². The van der Waals surface area contributed by atoms with E-state index in [0.717, 1.165) is 12.0 Å². The number of hydrogen-bond acceptors (Lipinski definition) is 2. The van der Waals surface area contributed by atoms with E-state index in [4.69, 9.17) is 5.73 Å². The van der Waals surface area contributed by atoms with Gasteiger partial charge in [-0.1, -0.05) is 25.5 Å². The van der Waals surface area contributed by atoms with E-state index in [-0.39, 0.29) is 11.9 Å². The molecule has 0 aliphatic carbocycles. The molecule has 3 heteroatoms. The molecule has 1 rings (SSSR count). The van der Waals surface area contributed by atoms with Gasteiger partial charge in [0.2, 0.25) is 0 Å². The first-order valence-electron chi connectivity index (χ1n) is 6.46. The fourth-order valence-corrected chi connectivity index (χ4v) is 2.09. The molecule has 1 aromatic rings. The smallest absolute Gasteiger partial charge is 0.255 e. The lowest BCUT2D eigenvalue weighted by atomic mass is 10.0. The summed E-state index contributed by atoms with van der Waals surface area (Å²) in [7, 11) is 1.84. The van der Waals surface area contributed by atoms with Gasteiger partial charge in [-0.05, 0) is 38.3 Å². The van der Waals surface area contributed by atoms with Crippen molar-refractivity contribution >= 4 is 11.6 Å². The molecule has 0 spiro atoms. The van der Waals surface area contributed by atoms with Crippen molar-refractivity contribution in [3.8, 4) is 0 Å². The fraction of sp³-hybridized carbons (Fsp3) is 0.533. The van der Waals surface area contributed by atoms with Crippen LogP contribution in [0.4, 0.5) is 5.69 Å². The van der Waals surface area contributed by atoms with Crippen LogP contribution in [0.5, 0.6) is 0 Å². The molecule has 0 bridgehead atoms. The number of nitrogens with zero attached hydrogens (tertiary/aromatic N) is 1. The highest BCUT2D eigenvalue weighted by Gasteiger charge is 2.20. The number of nitrogens with two attached hydrogens (primary N) is 1. The molecule has 0 fully saturated rings. The summed E-state index contributed by atoms with van der Waals surface area (Å²) in [5.41, 5.74) is 8.09. The molecule has 1 amide bonds. The minimum absolute atomic E-state index is 0.00403. The van der Waals surface area contributed by atoms with Gasteiger partial charge in [0, 0.05) is 18.8 Å². The van der Waals surface area contributed by atoms with Gasteiger partial charge in [0.15, 0.2) is 0 Å². The summed E-state index contributed by atoms with van der Waals surface area (Å²) in [4.78, 5) is 14.2. The van der Waals surface area contributed by atoms with E-state index in [2.05, 4.69) is 20.8 Å². The number of nitrogen functional groups attached to an aromatic ring is 1. The lowest BCUT2D eigenvalue weighted by Crippen LogP contribution is -2.36. The van der Waals surface area contributed by atoms with Gasteiger partial charge in [0.05, 0.1) is 5.56 Å². The molecule has 0 heterocycles. The van der Waals surface area contributed by atoms with Gasteiger partial charge in [-0.3, -0.25) is 4.79 Å². The third-order valence-corrected chi connectivity index (χ3v) is 3.23. The summed E-state index contributed by atoms with van der Waals surface area (Å²) in [5, 5.41) is 0. The van der Waals surface area contributed by atoms with E-state index in [9.17, 15) is 4.79 Å². The maximum atomic E-state index is 12.4. The summed E-state index contributed by atoms with van der Waals surface area (Å²) in [6.07, 6.45) is 0.994. The highest BCUT2D eigenvalue weighted by atomic mass is 16.2. The average molecular weight is 248 g/mol. The van der Waals surface area contributed by atoms with Crippen molar-refractivity contribution in [1.29, 1.82) is 0 Å². The molecule has 0 radical (unpaired) electrons.